The number of rotatable bonds is 5. The van der Waals surface area contributed by atoms with Crippen molar-refractivity contribution in [1.82, 2.24) is 5.32 Å². The molecule has 1 aromatic rings. The van der Waals surface area contributed by atoms with Crippen molar-refractivity contribution < 1.29 is 24.2 Å². The summed E-state index contributed by atoms with van der Waals surface area (Å²) >= 11 is 0. The average molecular weight is 333 g/mol. The summed E-state index contributed by atoms with van der Waals surface area (Å²) in [5, 5.41) is 12.1. The van der Waals surface area contributed by atoms with Crippen LogP contribution in [0.3, 0.4) is 0 Å². The third-order valence-electron chi connectivity index (χ3n) is 4.82. The second-order valence-corrected chi connectivity index (χ2v) is 6.60. The lowest BCUT2D eigenvalue weighted by Crippen LogP contribution is -2.56. The first-order valence-corrected chi connectivity index (χ1v) is 8.42. The molecule has 3 rings (SSSR count). The SMILES string of the molecule is CCOc1cccc(C(=O)NC2CCOC3(C2)CC(C(=O)O)C3)c1. The second kappa shape index (κ2) is 6.81. The van der Waals surface area contributed by atoms with Crippen LogP contribution in [0.1, 0.15) is 43.0 Å². The van der Waals surface area contributed by atoms with Gasteiger partial charge in [0.05, 0.1) is 18.1 Å². The van der Waals surface area contributed by atoms with Gasteiger partial charge in [0.25, 0.3) is 5.91 Å². The first-order valence-electron chi connectivity index (χ1n) is 8.42. The molecule has 1 saturated carbocycles. The number of carbonyl (C=O) groups excluding carboxylic acids is 1. The molecule has 0 bridgehead atoms. The van der Waals surface area contributed by atoms with Gasteiger partial charge in [-0.3, -0.25) is 9.59 Å². The zero-order valence-corrected chi connectivity index (χ0v) is 13.8. The summed E-state index contributed by atoms with van der Waals surface area (Å²) in [6, 6.07) is 7.13. The van der Waals surface area contributed by atoms with E-state index in [1.54, 1.807) is 18.2 Å². The molecule has 1 aliphatic heterocycles. The Labute approximate surface area is 141 Å². The van der Waals surface area contributed by atoms with Crippen molar-refractivity contribution in [3.63, 3.8) is 0 Å². The van der Waals surface area contributed by atoms with Crippen molar-refractivity contribution in [3.05, 3.63) is 29.8 Å². The highest BCUT2D eigenvalue weighted by molar-refractivity contribution is 5.94. The summed E-state index contributed by atoms with van der Waals surface area (Å²) in [5.41, 5.74) is 0.199. The van der Waals surface area contributed by atoms with E-state index >= 15 is 0 Å². The minimum atomic E-state index is -0.761. The Kier molecular flexibility index (Phi) is 4.76. The highest BCUT2D eigenvalue weighted by Crippen LogP contribution is 2.46. The van der Waals surface area contributed by atoms with Crippen LogP contribution in [0.4, 0.5) is 0 Å². The number of aliphatic carboxylic acids is 1. The monoisotopic (exact) mass is 333 g/mol. The third-order valence-corrected chi connectivity index (χ3v) is 4.82. The number of amides is 1. The molecule has 1 unspecified atom stereocenters. The third kappa shape index (κ3) is 3.53. The molecule has 1 atom stereocenters. The lowest BCUT2D eigenvalue weighted by molar-refractivity contribution is -0.181. The van der Waals surface area contributed by atoms with E-state index in [2.05, 4.69) is 5.32 Å². The Morgan fingerprint density at radius 1 is 1.38 bits per heavy atom. The Morgan fingerprint density at radius 3 is 2.88 bits per heavy atom. The van der Waals surface area contributed by atoms with Gasteiger partial charge in [0.2, 0.25) is 0 Å². The first kappa shape index (κ1) is 16.8. The lowest BCUT2D eigenvalue weighted by Gasteiger charge is -2.50. The van der Waals surface area contributed by atoms with E-state index in [9.17, 15) is 9.59 Å². The molecule has 2 N–H and O–H groups in total. The smallest absolute Gasteiger partial charge is 0.306 e. The molecular formula is C18H23NO5. The maximum Gasteiger partial charge on any atom is 0.306 e. The predicted molar refractivity (Wildman–Crippen MR) is 87.1 cm³/mol. The maximum absolute atomic E-state index is 12.5. The molecule has 1 aromatic carbocycles. The number of benzene rings is 1. The van der Waals surface area contributed by atoms with Crippen LogP contribution in [0.2, 0.25) is 0 Å². The Bertz CT molecular complexity index is 624. The largest absolute Gasteiger partial charge is 0.494 e. The van der Waals surface area contributed by atoms with Gasteiger partial charge < -0.3 is 19.9 Å². The lowest BCUT2D eigenvalue weighted by atomic mass is 9.66. The van der Waals surface area contributed by atoms with E-state index in [4.69, 9.17) is 14.6 Å². The topological polar surface area (TPSA) is 84.9 Å². The quantitative estimate of drug-likeness (QED) is 0.863. The predicted octanol–water partition coefficient (Wildman–Crippen LogP) is 2.23. The van der Waals surface area contributed by atoms with Crippen molar-refractivity contribution in [2.45, 2.75) is 44.2 Å². The summed E-state index contributed by atoms with van der Waals surface area (Å²) in [5.74, 6) is -0.532. The first-order chi connectivity index (χ1) is 11.5. The summed E-state index contributed by atoms with van der Waals surface area (Å²) < 4.78 is 11.2. The number of carbonyl (C=O) groups is 2. The standard InChI is InChI=1S/C18H23NO5/c1-2-23-15-5-3-4-12(8-15)16(20)19-14-6-7-24-18(11-14)9-13(10-18)17(21)22/h3-5,8,13-14H,2,6-7,9-11H2,1H3,(H,19,20)(H,21,22). The van der Waals surface area contributed by atoms with Crippen molar-refractivity contribution in [3.8, 4) is 5.75 Å². The van der Waals surface area contributed by atoms with Crippen LogP contribution in [-0.2, 0) is 9.53 Å². The second-order valence-electron chi connectivity index (χ2n) is 6.60. The summed E-state index contributed by atoms with van der Waals surface area (Å²) in [4.78, 5) is 23.5. The molecule has 1 spiro atoms. The summed E-state index contributed by atoms with van der Waals surface area (Å²) in [7, 11) is 0. The number of hydrogen-bond donors (Lipinski definition) is 2. The minimum Gasteiger partial charge on any atom is -0.494 e. The normalized spacial score (nSPS) is 28.9. The van der Waals surface area contributed by atoms with Crippen molar-refractivity contribution in [1.29, 1.82) is 0 Å². The van der Waals surface area contributed by atoms with Crippen molar-refractivity contribution >= 4 is 11.9 Å². The molecule has 1 heterocycles. The van der Waals surface area contributed by atoms with Gasteiger partial charge in [0, 0.05) is 18.2 Å². The van der Waals surface area contributed by atoms with E-state index < -0.39 is 5.97 Å². The van der Waals surface area contributed by atoms with Gasteiger partial charge in [-0.15, -0.1) is 0 Å². The Hall–Kier alpha value is -2.08. The van der Waals surface area contributed by atoms with Gasteiger partial charge >= 0.3 is 5.97 Å². The molecule has 6 nitrogen and oxygen atoms in total. The average Bonchev–Trinajstić information content (AvgIpc) is 2.53. The van der Waals surface area contributed by atoms with E-state index in [0.717, 1.165) is 6.42 Å². The fourth-order valence-electron chi connectivity index (χ4n) is 3.61. The number of hydrogen-bond acceptors (Lipinski definition) is 4. The highest BCUT2D eigenvalue weighted by atomic mass is 16.5. The summed E-state index contributed by atoms with van der Waals surface area (Å²) in [6.45, 7) is 3.01. The van der Waals surface area contributed by atoms with Gasteiger partial charge in [-0.25, -0.2) is 0 Å². The highest BCUT2D eigenvalue weighted by Gasteiger charge is 2.51. The summed E-state index contributed by atoms with van der Waals surface area (Å²) in [6.07, 6.45) is 2.49. The fourth-order valence-corrected chi connectivity index (χ4v) is 3.61. The van der Waals surface area contributed by atoms with E-state index in [-0.39, 0.29) is 23.5 Å². The molecule has 6 heteroatoms. The molecule has 24 heavy (non-hydrogen) atoms. The van der Waals surface area contributed by atoms with Gasteiger partial charge in [0.15, 0.2) is 0 Å². The van der Waals surface area contributed by atoms with E-state index in [0.29, 0.717) is 43.8 Å². The Balaban J connectivity index is 1.58. The molecule has 1 aliphatic carbocycles. The van der Waals surface area contributed by atoms with Crippen LogP contribution in [0.5, 0.6) is 5.75 Å². The molecule has 1 amide bonds. The zero-order chi connectivity index (χ0) is 17.2. The van der Waals surface area contributed by atoms with Gasteiger partial charge in [-0.2, -0.15) is 0 Å². The number of nitrogens with one attached hydrogen (secondary N) is 1. The van der Waals surface area contributed by atoms with Crippen LogP contribution < -0.4 is 10.1 Å². The van der Waals surface area contributed by atoms with Crippen LogP contribution in [-0.4, -0.2) is 41.8 Å². The van der Waals surface area contributed by atoms with Crippen molar-refractivity contribution in [2.75, 3.05) is 13.2 Å². The number of carboxylic acids is 1. The van der Waals surface area contributed by atoms with Crippen molar-refractivity contribution in [2.24, 2.45) is 5.92 Å². The minimum absolute atomic E-state index is 0.0109. The Morgan fingerprint density at radius 2 is 2.17 bits per heavy atom. The molecule has 2 fully saturated rings. The van der Waals surface area contributed by atoms with Crippen LogP contribution in [0, 0.1) is 5.92 Å². The van der Waals surface area contributed by atoms with Gasteiger partial charge in [-0.1, -0.05) is 6.07 Å². The number of ether oxygens (including phenoxy) is 2. The molecule has 1 saturated heterocycles. The number of carboxylic acid groups (broad SMARTS) is 1. The van der Waals surface area contributed by atoms with E-state index in [1.165, 1.54) is 0 Å². The van der Waals surface area contributed by atoms with Gasteiger partial charge in [-0.05, 0) is 50.8 Å². The van der Waals surface area contributed by atoms with Gasteiger partial charge in [0.1, 0.15) is 5.75 Å². The van der Waals surface area contributed by atoms with Crippen LogP contribution >= 0.6 is 0 Å². The van der Waals surface area contributed by atoms with Crippen LogP contribution in [0.25, 0.3) is 0 Å². The zero-order valence-electron chi connectivity index (χ0n) is 13.8. The van der Waals surface area contributed by atoms with E-state index in [1.807, 2.05) is 13.0 Å². The molecular weight excluding hydrogens is 310 g/mol. The fraction of sp³-hybridized carbons (Fsp3) is 0.556. The molecule has 2 aliphatic rings. The molecule has 0 aromatic heterocycles. The molecule has 130 valence electrons. The maximum atomic E-state index is 12.5. The molecule has 0 radical (unpaired) electrons. The van der Waals surface area contributed by atoms with Crippen LogP contribution in [0.15, 0.2) is 24.3 Å².